The molecule has 0 radical (unpaired) electrons. The molecule has 1 aliphatic heterocycles. The van der Waals surface area contributed by atoms with Crippen LogP contribution in [-0.4, -0.2) is 50.7 Å². The predicted molar refractivity (Wildman–Crippen MR) is 125 cm³/mol. The predicted octanol–water partition coefficient (Wildman–Crippen LogP) is 1.91. The molecule has 2 atom stereocenters. The average molecular weight is 476 g/mol. The molecule has 2 aromatic carbocycles. The molecule has 5 rings (SSSR count). The number of rotatable bonds is 6. The Morgan fingerprint density at radius 3 is 2.69 bits per heavy atom. The van der Waals surface area contributed by atoms with Crippen molar-refractivity contribution in [3.63, 3.8) is 0 Å². The number of nitrogens with one attached hydrogen (secondary N) is 2. The summed E-state index contributed by atoms with van der Waals surface area (Å²) in [6, 6.07) is 14.0. The van der Waals surface area contributed by atoms with Crippen LogP contribution in [0.3, 0.4) is 0 Å². The largest absolute Gasteiger partial charge is 0.417 e. The molecule has 10 heteroatoms. The van der Waals surface area contributed by atoms with Gasteiger partial charge in [0, 0.05) is 25.6 Å². The van der Waals surface area contributed by atoms with Crippen LogP contribution in [0.25, 0.3) is 22.2 Å². The Morgan fingerprint density at radius 1 is 1.17 bits per heavy atom. The summed E-state index contributed by atoms with van der Waals surface area (Å²) in [5, 5.41) is 16.7. The van der Waals surface area contributed by atoms with Crippen LogP contribution in [0.1, 0.15) is 23.4 Å². The summed E-state index contributed by atoms with van der Waals surface area (Å²) in [5.41, 5.74) is 4.54. The number of H-pyrrole nitrogens is 1. The van der Waals surface area contributed by atoms with Crippen molar-refractivity contribution in [2.75, 3.05) is 6.54 Å². The molecule has 2 aromatic heterocycles. The number of aryl methyl sites for hydroxylation is 1. The first kappa shape index (κ1) is 22.6. The number of hydrogen-bond donors (Lipinski definition) is 3. The van der Waals surface area contributed by atoms with Crippen LogP contribution in [0.5, 0.6) is 0 Å². The van der Waals surface area contributed by atoms with Gasteiger partial charge in [-0.2, -0.15) is 0 Å². The standard InChI is InChI=1S/C25H24N4O6/c1-14-8-19(35-28-14)11-23(31)29-13-18(30)10-21(29)24(32)26-12-15-2-4-16(5-3-15)17-6-7-22-20(9-17)27-25(33)34-22/h2-9,18,21,30H,10-13H2,1H3,(H,26,32)(H,27,33)/t18-,21+/m1/s1. The minimum Gasteiger partial charge on any atom is -0.408 e. The number of aliphatic hydroxyl groups excluding tert-OH is 1. The maximum atomic E-state index is 12.9. The van der Waals surface area contributed by atoms with E-state index in [1.165, 1.54) is 4.90 Å². The third-order valence-corrected chi connectivity index (χ3v) is 6.08. The van der Waals surface area contributed by atoms with E-state index in [2.05, 4.69) is 15.5 Å². The summed E-state index contributed by atoms with van der Waals surface area (Å²) in [6.07, 6.45) is -0.588. The smallest absolute Gasteiger partial charge is 0.408 e. The normalized spacial score (nSPS) is 17.7. The molecule has 0 unspecified atom stereocenters. The van der Waals surface area contributed by atoms with Crippen LogP contribution in [0.15, 0.2) is 62.3 Å². The number of carbonyl (C=O) groups excluding carboxylic acids is 2. The number of carbonyl (C=O) groups is 2. The summed E-state index contributed by atoms with van der Waals surface area (Å²) in [7, 11) is 0. The number of oxazole rings is 1. The fourth-order valence-corrected chi connectivity index (χ4v) is 4.34. The van der Waals surface area contributed by atoms with Gasteiger partial charge in [0.15, 0.2) is 5.58 Å². The van der Waals surface area contributed by atoms with Gasteiger partial charge in [0.05, 0.1) is 23.7 Å². The molecule has 35 heavy (non-hydrogen) atoms. The lowest BCUT2D eigenvalue weighted by Crippen LogP contribution is -2.46. The van der Waals surface area contributed by atoms with E-state index in [0.717, 1.165) is 16.7 Å². The Bertz CT molecular complexity index is 1430. The summed E-state index contributed by atoms with van der Waals surface area (Å²) >= 11 is 0. The second-order valence-electron chi connectivity index (χ2n) is 8.70. The number of aromatic amines is 1. The highest BCUT2D eigenvalue weighted by Crippen LogP contribution is 2.24. The highest BCUT2D eigenvalue weighted by atomic mass is 16.5. The van der Waals surface area contributed by atoms with Crippen LogP contribution < -0.4 is 11.1 Å². The van der Waals surface area contributed by atoms with Gasteiger partial charge in [-0.15, -0.1) is 0 Å². The zero-order valence-corrected chi connectivity index (χ0v) is 19.0. The molecule has 180 valence electrons. The molecule has 2 amide bonds. The number of β-amino-alcohol motifs (C(OH)–C–C–N with tert-alkyl or cyclic N) is 1. The van der Waals surface area contributed by atoms with Crippen molar-refractivity contribution in [3.8, 4) is 11.1 Å². The van der Waals surface area contributed by atoms with Gasteiger partial charge in [0.2, 0.25) is 11.8 Å². The number of aliphatic hydroxyl groups is 1. The molecule has 1 fully saturated rings. The van der Waals surface area contributed by atoms with Gasteiger partial charge < -0.3 is 24.3 Å². The van der Waals surface area contributed by atoms with Gasteiger partial charge >= 0.3 is 5.76 Å². The number of amides is 2. The number of benzene rings is 2. The average Bonchev–Trinajstić information content (AvgIpc) is 3.54. The van der Waals surface area contributed by atoms with Gasteiger partial charge in [-0.1, -0.05) is 35.5 Å². The molecular weight excluding hydrogens is 452 g/mol. The Hall–Kier alpha value is -4.18. The van der Waals surface area contributed by atoms with Gasteiger partial charge in [-0.3, -0.25) is 14.6 Å². The first-order valence-corrected chi connectivity index (χ1v) is 11.3. The summed E-state index contributed by atoms with van der Waals surface area (Å²) < 4.78 is 10.1. The van der Waals surface area contributed by atoms with Gasteiger partial charge in [-0.25, -0.2) is 4.79 Å². The molecular formula is C25H24N4O6. The molecule has 10 nitrogen and oxygen atoms in total. The number of likely N-dealkylation sites (tertiary alicyclic amines) is 1. The van der Waals surface area contributed by atoms with Crippen molar-refractivity contribution in [1.29, 1.82) is 0 Å². The molecule has 1 saturated heterocycles. The molecule has 3 heterocycles. The van der Waals surface area contributed by atoms with E-state index >= 15 is 0 Å². The lowest BCUT2D eigenvalue weighted by atomic mass is 10.0. The third-order valence-electron chi connectivity index (χ3n) is 6.08. The minimum atomic E-state index is -0.757. The summed E-state index contributed by atoms with van der Waals surface area (Å²) in [6.45, 7) is 2.15. The molecule has 3 N–H and O–H groups in total. The second-order valence-corrected chi connectivity index (χ2v) is 8.70. The third kappa shape index (κ3) is 4.87. The van der Waals surface area contributed by atoms with Crippen molar-refractivity contribution in [1.82, 2.24) is 20.4 Å². The lowest BCUT2D eigenvalue weighted by molar-refractivity contribution is -0.138. The highest BCUT2D eigenvalue weighted by Gasteiger charge is 2.38. The molecule has 4 aromatic rings. The minimum absolute atomic E-state index is 0.0166. The quantitative estimate of drug-likeness (QED) is 0.386. The number of hydrogen-bond acceptors (Lipinski definition) is 7. The maximum absolute atomic E-state index is 12.9. The second kappa shape index (κ2) is 9.22. The monoisotopic (exact) mass is 476 g/mol. The summed E-state index contributed by atoms with van der Waals surface area (Å²) in [4.78, 5) is 41.0. The van der Waals surface area contributed by atoms with Crippen molar-refractivity contribution in [2.24, 2.45) is 0 Å². The van der Waals surface area contributed by atoms with Gasteiger partial charge in [0.25, 0.3) is 0 Å². The van der Waals surface area contributed by atoms with E-state index in [1.54, 1.807) is 19.1 Å². The number of aromatic nitrogens is 2. The Kier molecular flexibility index (Phi) is 5.96. The van der Waals surface area contributed by atoms with Crippen molar-refractivity contribution < 1.29 is 23.6 Å². The highest BCUT2D eigenvalue weighted by molar-refractivity contribution is 5.89. The number of fused-ring (bicyclic) bond motifs is 1. The Labute approximate surface area is 199 Å². The molecule has 0 bridgehead atoms. The summed E-state index contributed by atoms with van der Waals surface area (Å²) in [5.74, 6) is -0.682. The van der Waals surface area contributed by atoms with E-state index in [-0.39, 0.29) is 37.7 Å². The van der Waals surface area contributed by atoms with E-state index in [9.17, 15) is 19.5 Å². The molecule has 0 saturated carbocycles. The SMILES string of the molecule is Cc1cc(CC(=O)N2C[C@H](O)C[C@H]2C(=O)NCc2ccc(-c3ccc4oc(=O)[nH]c4c3)cc2)on1. The van der Waals surface area contributed by atoms with Crippen LogP contribution in [0.4, 0.5) is 0 Å². The Morgan fingerprint density at radius 2 is 1.94 bits per heavy atom. The van der Waals surface area contributed by atoms with E-state index in [1.807, 2.05) is 36.4 Å². The van der Waals surface area contributed by atoms with E-state index < -0.39 is 17.9 Å². The van der Waals surface area contributed by atoms with Crippen molar-refractivity contribution >= 4 is 22.9 Å². The molecule has 0 aliphatic carbocycles. The zero-order chi connectivity index (χ0) is 24.5. The number of nitrogens with zero attached hydrogens (tertiary/aromatic N) is 2. The Balaban J connectivity index is 1.21. The first-order chi connectivity index (χ1) is 16.9. The van der Waals surface area contributed by atoms with Crippen LogP contribution in [0.2, 0.25) is 0 Å². The van der Waals surface area contributed by atoms with Crippen LogP contribution in [-0.2, 0) is 22.6 Å². The van der Waals surface area contributed by atoms with Crippen molar-refractivity contribution in [2.45, 2.75) is 38.5 Å². The first-order valence-electron chi connectivity index (χ1n) is 11.3. The van der Waals surface area contributed by atoms with Gasteiger partial charge in [-0.05, 0) is 35.7 Å². The fraction of sp³-hybridized carbons (Fsp3) is 0.280. The maximum Gasteiger partial charge on any atom is 0.417 e. The van der Waals surface area contributed by atoms with Crippen LogP contribution in [0, 0.1) is 6.92 Å². The van der Waals surface area contributed by atoms with Crippen LogP contribution >= 0.6 is 0 Å². The van der Waals surface area contributed by atoms with Gasteiger partial charge in [0.1, 0.15) is 11.8 Å². The lowest BCUT2D eigenvalue weighted by Gasteiger charge is -2.23. The fourth-order valence-electron chi connectivity index (χ4n) is 4.34. The molecule has 0 spiro atoms. The van der Waals surface area contributed by atoms with E-state index in [0.29, 0.717) is 22.6 Å². The van der Waals surface area contributed by atoms with E-state index in [4.69, 9.17) is 8.94 Å². The zero-order valence-electron chi connectivity index (χ0n) is 19.0. The molecule has 1 aliphatic rings. The van der Waals surface area contributed by atoms with Crippen molar-refractivity contribution in [3.05, 3.63) is 76.1 Å². The topological polar surface area (TPSA) is 142 Å².